The lowest BCUT2D eigenvalue weighted by Gasteiger charge is -1.95. The predicted molar refractivity (Wildman–Crippen MR) is 46.7 cm³/mol. The Morgan fingerprint density at radius 1 is 1.70 bits per heavy atom. The normalized spacial score (nSPS) is 12.3. The first-order chi connectivity index (χ1) is 4.20. The summed E-state index contributed by atoms with van der Waals surface area (Å²) in [6.45, 7) is 3.92. The van der Waals surface area contributed by atoms with Gasteiger partial charge in [-0.3, -0.25) is 0 Å². The fourth-order valence-electron chi connectivity index (χ4n) is 0.589. The lowest BCUT2D eigenvalue weighted by Crippen LogP contribution is -2.04. The van der Waals surface area contributed by atoms with E-state index in [1.807, 2.05) is 19.2 Å². The van der Waals surface area contributed by atoms with Crippen molar-refractivity contribution < 1.29 is 0 Å². The predicted octanol–water partition coefficient (Wildman–Crippen LogP) is 1.89. The Kier molecular flexibility index (Phi) is 3.86. The van der Waals surface area contributed by atoms with Gasteiger partial charge in [0.2, 0.25) is 0 Å². The van der Waals surface area contributed by atoms with Crippen molar-refractivity contribution in [3.05, 3.63) is 16.1 Å². The summed E-state index contributed by atoms with van der Waals surface area (Å²) in [7, 11) is 0. The third kappa shape index (κ3) is 2.25. The van der Waals surface area contributed by atoms with Crippen LogP contribution in [0.3, 0.4) is 0 Å². The summed E-state index contributed by atoms with van der Waals surface area (Å²) in [5.74, 6) is 0. The van der Waals surface area contributed by atoms with Gasteiger partial charge in [-0.2, -0.15) is 0 Å². The fourth-order valence-corrected chi connectivity index (χ4v) is 1.31. The minimum Gasteiger partial charge on any atom is -0.323 e. The van der Waals surface area contributed by atoms with Crippen LogP contribution >= 0.6 is 23.7 Å². The number of halogens is 1. The summed E-state index contributed by atoms with van der Waals surface area (Å²) in [6.07, 6.45) is 0. The second kappa shape index (κ2) is 3.91. The fraction of sp³-hybridized carbons (Fsp3) is 0.500. The van der Waals surface area contributed by atoms with Crippen LogP contribution in [0.15, 0.2) is 5.38 Å². The first kappa shape index (κ1) is 9.88. The van der Waals surface area contributed by atoms with Crippen LogP contribution in [0.25, 0.3) is 0 Å². The van der Waals surface area contributed by atoms with Crippen LogP contribution in [0.4, 0.5) is 0 Å². The molecule has 0 radical (unpaired) electrons. The quantitative estimate of drug-likeness (QED) is 0.714. The maximum atomic E-state index is 5.57. The van der Waals surface area contributed by atoms with Crippen molar-refractivity contribution in [3.63, 3.8) is 0 Å². The van der Waals surface area contributed by atoms with Gasteiger partial charge in [-0.05, 0) is 13.8 Å². The zero-order chi connectivity index (χ0) is 6.85. The van der Waals surface area contributed by atoms with E-state index in [4.69, 9.17) is 5.73 Å². The molecular weight excluding hydrogens is 168 g/mol. The molecule has 0 amide bonds. The van der Waals surface area contributed by atoms with Gasteiger partial charge in [-0.15, -0.1) is 23.7 Å². The summed E-state index contributed by atoms with van der Waals surface area (Å²) >= 11 is 1.64. The van der Waals surface area contributed by atoms with Gasteiger partial charge in [0.15, 0.2) is 0 Å². The van der Waals surface area contributed by atoms with Crippen LogP contribution in [-0.2, 0) is 0 Å². The van der Waals surface area contributed by atoms with E-state index in [-0.39, 0.29) is 18.4 Å². The number of nitrogens with two attached hydrogens (primary N) is 1. The van der Waals surface area contributed by atoms with E-state index in [1.54, 1.807) is 11.3 Å². The second-order valence-electron chi connectivity index (χ2n) is 2.08. The van der Waals surface area contributed by atoms with Crippen LogP contribution < -0.4 is 5.73 Å². The third-order valence-corrected chi connectivity index (χ3v) is 1.90. The molecule has 4 heteroatoms. The van der Waals surface area contributed by atoms with E-state index < -0.39 is 0 Å². The average Bonchev–Trinajstić information content (AvgIpc) is 2.14. The highest BCUT2D eigenvalue weighted by molar-refractivity contribution is 7.09. The molecule has 0 fully saturated rings. The Labute approximate surface area is 70.9 Å². The molecule has 0 spiro atoms. The summed E-state index contributed by atoms with van der Waals surface area (Å²) in [6, 6.07) is 0.0787. The number of hydrogen-bond acceptors (Lipinski definition) is 3. The lowest BCUT2D eigenvalue weighted by molar-refractivity contribution is 0.786. The van der Waals surface area contributed by atoms with Gasteiger partial charge in [0.1, 0.15) is 0 Å². The zero-order valence-electron chi connectivity index (χ0n) is 6.00. The standard InChI is InChI=1S/C6H10N2S.ClH/c1-4(7)6-3-9-5(2)8-6;/h3-4H,7H2,1-2H3;1H. The number of nitrogens with zero attached hydrogens (tertiary/aromatic N) is 1. The Morgan fingerprint density at radius 3 is 2.50 bits per heavy atom. The van der Waals surface area contributed by atoms with Crippen LogP contribution in [0.5, 0.6) is 0 Å². The third-order valence-electron chi connectivity index (χ3n) is 1.10. The molecule has 1 atom stereocenters. The van der Waals surface area contributed by atoms with Crippen molar-refractivity contribution in [1.29, 1.82) is 0 Å². The molecular formula is C6H11ClN2S. The molecule has 10 heavy (non-hydrogen) atoms. The highest BCUT2D eigenvalue weighted by Gasteiger charge is 2.01. The summed E-state index contributed by atoms with van der Waals surface area (Å²) in [4.78, 5) is 4.20. The SMILES string of the molecule is Cc1nc(C(C)N)cs1.Cl. The highest BCUT2D eigenvalue weighted by Crippen LogP contribution is 2.12. The maximum absolute atomic E-state index is 5.57. The molecule has 1 unspecified atom stereocenters. The smallest absolute Gasteiger partial charge is 0.0898 e. The minimum absolute atomic E-state index is 0. The van der Waals surface area contributed by atoms with Gasteiger partial charge in [0.05, 0.1) is 10.7 Å². The molecule has 1 aromatic heterocycles. The first-order valence-corrected chi connectivity index (χ1v) is 3.75. The Hall–Kier alpha value is -0.120. The Balaban J connectivity index is 0.000000810. The zero-order valence-corrected chi connectivity index (χ0v) is 7.63. The van der Waals surface area contributed by atoms with Crippen molar-refractivity contribution in [2.75, 3.05) is 0 Å². The molecule has 0 saturated heterocycles. The average molecular weight is 179 g/mol. The molecule has 0 aliphatic rings. The lowest BCUT2D eigenvalue weighted by atomic mass is 10.3. The molecule has 2 nitrogen and oxygen atoms in total. The Bertz CT molecular complexity index is 197. The first-order valence-electron chi connectivity index (χ1n) is 2.88. The number of rotatable bonds is 1. The van der Waals surface area contributed by atoms with Crippen LogP contribution in [0, 0.1) is 6.92 Å². The van der Waals surface area contributed by atoms with Crippen LogP contribution in [0.1, 0.15) is 23.7 Å². The molecule has 1 rings (SSSR count). The van der Waals surface area contributed by atoms with E-state index in [1.165, 1.54) is 0 Å². The van der Waals surface area contributed by atoms with Crippen LogP contribution in [0.2, 0.25) is 0 Å². The number of aryl methyl sites for hydroxylation is 1. The molecule has 0 aliphatic heterocycles. The van der Waals surface area contributed by atoms with Gasteiger partial charge in [-0.25, -0.2) is 4.98 Å². The van der Waals surface area contributed by atoms with E-state index in [0.717, 1.165) is 10.7 Å². The summed E-state index contributed by atoms with van der Waals surface area (Å²) < 4.78 is 0. The molecule has 1 aromatic rings. The molecule has 1 heterocycles. The van der Waals surface area contributed by atoms with Crippen molar-refractivity contribution in [3.8, 4) is 0 Å². The molecule has 0 bridgehead atoms. The molecule has 2 N–H and O–H groups in total. The number of thiazole rings is 1. The molecule has 0 saturated carbocycles. The van der Waals surface area contributed by atoms with Crippen molar-refractivity contribution >= 4 is 23.7 Å². The van der Waals surface area contributed by atoms with Crippen molar-refractivity contribution in [1.82, 2.24) is 4.98 Å². The largest absolute Gasteiger partial charge is 0.323 e. The molecule has 0 aromatic carbocycles. The number of hydrogen-bond donors (Lipinski definition) is 1. The van der Waals surface area contributed by atoms with Crippen molar-refractivity contribution in [2.24, 2.45) is 5.73 Å². The Morgan fingerprint density at radius 2 is 2.30 bits per heavy atom. The van der Waals surface area contributed by atoms with Crippen LogP contribution in [-0.4, -0.2) is 4.98 Å². The molecule has 0 aliphatic carbocycles. The van der Waals surface area contributed by atoms with E-state index in [2.05, 4.69) is 4.98 Å². The second-order valence-corrected chi connectivity index (χ2v) is 3.14. The van der Waals surface area contributed by atoms with Gasteiger partial charge in [0.25, 0.3) is 0 Å². The van der Waals surface area contributed by atoms with Gasteiger partial charge >= 0.3 is 0 Å². The van der Waals surface area contributed by atoms with Crippen molar-refractivity contribution in [2.45, 2.75) is 19.9 Å². The summed E-state index contributed by atoms with van der Waals surface area (Å²) in [5.41, 5.74) is 6.57. The molecule has 58 valence electrons. The van der Waals surface area contributed by atoms with E-state index >= 15 is 0 Å². The van der Waals surface area contributed by atoms with Gasteiger partial charge in [-0.1, -0.05) is 0 Å². The van der Waals surface area contributed by atoms with E-state index in [9.17, 15) is 0 Å². The maximum Gasteiger partial charge on any atom is 0.0898 e. The highest BCUT2D eigenvalue weighted by atomic mass is 35.5. The van der Waals surface area contributed by atoms with Gasteiger partial charge < -0.3 is 5.73 Å². The minimum atomic E-state index is 0. The monoisotopic (exact) mass is 178 g/mol. The summed E-state index contributed by atoms with van der Waals surface area (Å²) in [5, 5.41) is 3.09. The van der Waals surface area contributed by atoms with Gasteiger partial charge in [0, 0.05) is 11.4 Å². The van der Waals surface area contributed by atoms with E-state index in [0.29, 0.717) is 0 Å². The topological polar surface area (TPSA) is 38.9 Å². The number of aromatic nitrogens is 1.